The van der Waals surface area contributed by atoms with Crippen molar-refractivity contribution in [2.45, 2.75) is 6.54 Å². The Balaban J connectivity index is 1.74. The Kier molecular flexibility index (Phi) is 7.97. The van der Waals surface area contributed by atoms with Crippen LogP contribution in [0.1, 0.15) is 16.1 Å². The molecule has 9 heteroatoms. The predicted octanol–water partition coefficient (Wildman–Crippen LogP) is 1.73. The Morgan fingerprint density at radius 3 is 2.41 bits per heavy atom. The second kappa shape index (κ2) is 10.4. The minimum atomic E-state index is -0.725. The first kappa shape index (κ1) is 22.2. The van der Waals surface area contributed by atoms with E-state index in [-0.39, 0.29) is 18.1 Å². The van der Waals surface area contributed by atoms with Crippen LogP contribution in [0.3, 0.4) is 0 Å². The van der Waals surface area contributed by atoms with Gasteiger partial charge in [0.05, 0.1) is 0 Å². The summed E-state index contributed by atoms with van der Waals surface area (Å²) in [6, 6.07) is 10.7. The van der Waals surface area contributed by atoms with Gasteiger partial charge in [0.25, 0.3) is 11.8 Å². The highest BCUT2D eigenvalue weighted by Crippen LogP contribution is 2.13. The first-order valence-corrected chi connectivity index (χ1v) is 9.19. The van der Waals surface area contributed by atoms with Crippen molar-refractivity contribution < 1.29 is 19.1 Å². The molecule has 0 aliphatic carbocycles. The van der Waals surface area contributed by atoms with Crippen molar-refractivity contribution in [3.8, 4) is 0 Å². The van der Waals surface area contributed by atoms with E-state index < -0.39 is 18.5 Å². The molecule has 0 radical (unpaired) electrons. The van der Waals surface area contributed by atoms with Gasteiger partial charge in [-0.15, -0.1) is 0 Å². The number of hydrogen-bond donors (Lipinski definition) is 1. The summed E-state index contributed by atoms with van der Waals surface area (Å²) in [5, 5.41) is 2.73. The molecule has 0 aliphatic rings. The summed E-state index contributed by atoms with van der Waals surface area (Å²) >= 11 is 5.79. The highest BCUT2D eigenvalue weighted by atomic mass is 35.5. The van der Waals surface area contributed by atoms with Gasteiger partial charge in [-0.2, -0.15) is 0 Å². The van der Waals surface area contributed by atoms with Crippen LogP contribution in [0.2, 0.25) is 5.02 Å². The standard InChI is InChI=1S/C20H23ClN4O4/c1-24(2)16-6-4-14(5-7-16)12-25(3)18(26)13-29-19(27)11-23-20(28)17-10-15(21)8-9-22-17/h4-10H,11-13H2,1-3H3,(H,23,28). The average Bonchev–Trinajstić information content (AvgIpc) is 2.70. The van der Waals surface area contributed by atoms with E-state index in [1.807, 2.05) is 43.3 Å². The van der Waals surface area contributed by atoms with E-state index in [4.69, 9.17) is 16.3 Å². The molecule has 0 atom stereocenters. The third-order valence-corrected chi connectivity index (χ3v) is 4.24. The smallest absolute Gasteiger partial charge is 0.325 e. The number of ether oxygens (including phenoxy) is 1. The van der Waals surface area contributed by atoms with Crippen molar-refractivity contribution in [2.24, 2.45) is 0 Å². The van der Waals surface area contributed by atoms with Crippen LogP contribution in [0.5, 0.6) is 0 Å². The molecule has 2 aromatic rings. The number of nitrogens with zero attached hydrogens (tertiary/aromatic N) is 3. The molecule has 0 saturated heterocycles. The maximum absolute atomic E-state index is 12.2. The Bertz CT molecular complexity index is 871. The maximum Gasteiger partial charge on any atom is 0.325 e. The fourth-order valence-electron chi connectivity index (χ4n) is 2.34. The van der Waals surface area contributed by atoms with Gasteiger partial charge in [0.1, 0.15) is 12.2 Å². The van der Waals surface area contributed by atoms with Crippen molar-refractivity contribution in [3.63, 3.8) is 0 Å². The molecule has 2 rings (SSSR count). The van der Waals surface area contributed by atoms with Crippen LogP contribution in [0.4, 0.5) is 5.69 Å². The predicted molar refractivity (Wildman–Crippen MR) is 110 cm³/mol. The van der Waals surface area contributed by atoms with Gasteiger partial charge in [-0.3, -0.25) is 19.4 Å². The number of halogens is 1. The number of rotatable bonds is 8. The van der Waals surface area contributed by atoms with Crippen molar-refractivity contribution in [2.75, 3.05) is 39.2 Å². The van der Waals surface area contributed by atoms with Crippen LogP contribution in [0.15, 0.2) is 42.6 Å². The van der Waals surface area contributed by atoms with Crippen LogP contribution >= 0.6 is 11.6 Å². The Hall–Kier alpha value is -3.13. The lowest BCUT2D eigenvalue weighted by atomic mass is 10.2. The van der Waals surface area contributed by atoms with E-state index in [0.717, 1.165) is 11.3 Å². The number of anilines is 1. The molecule has 1 aromatic heterocycles. The van der Waals surface area contributed by atoms with Gasteiger partial charge in [-0.25, -0.2) is 0 Å². The van der Waals surface area contributed by atoms with Gasteiger partial charge in [-0.05, 0) is 29.8 Å². The van der Waals surface area contributed by atoms with E-state index in [9.17, 15) is 14.4 Å². The Morgan fingerprint density at radius 1 is 1.10 bits per heavy atom. The summed E-state index contributed by atoms with van der Waals surface area (Å²) in [6.45, 7) is -0.395. The van der Waals surface area contributed by atoms with Gasteiger partial charge in [0.15, 0.2) is 6.61 Å². The fourth-order valence-corrected chi connectivity index (χ4v) is 2.50. The SMILES string of the molecule is CN(Cc1ccc(N(C)C)cc1)C(=O)COC(=O)CNC(=O)c1cc(Cl)ccn1. The summed E-state index contributed by atoms with van der Waals surface area (Å²) in [6.07, 6.45) is 1.39. The second-order valence-electron chi connectivity index (χ2n) is 6.51. The van der Waals surface area contributed by atoms with E-state index in [2.05, 4.69) is 10.3 Å². The van der Waals surface area contributed by atoms with Crippen molar-refractivity contribution in [1.29, 1.82) is 0 Å². The highest BCUT2D eigenvalue weighted by molar-refractivity contribution is 6.30. The average molecular weight is 419 g/mol. The molecule has 2 amide bonds. The van der Waals surface area contributed by atoms with Gasteiger partial charge in [0.2, 0.25) is 0 Å². The molecule has 0 bridgehead atoms. The highest BCUT2D eigenvalue weighted by Gasteiger charge is 2.14. The molecular weight excluding hydrogens is 396 g/mol. The number of benzene rings is 1. The lowest BCUT2D eigenvalue weighted by Crippen LogP contribution is -2.34. The number of aromatic nitrogens is 1. The van der Waals surface area contributed by atoms with Crippen LogP contribution < -0.4 is 10.2 Å². The second-order valence-corrected chi connectivity index (χ2v) is 6.95. The number of carbonyl (C=O) groups excluding carboxylic acids is 3. The zero-order valence-corrected chi connectivity index (χ0v) is 17.3. The normalized spacial score (nSPS) is 10.2. The van der Waals surface area contributed by atoms with E-state index in [1.54, 1.807) is 7.05 Å². The van der Waals surface area contributed by atoms with Crippen LogP contribution in [0, 0.1) is 0 Å². The lowest BCUT2D eigenvalue weighted by molar-refractivity contribution is -0.150. The summed E-state index contributed by atoms with van der Waals surface area (Å²) in [5.41, 5.74) is 2.10. The van der Waals surface area contributed by atoms with Crippen molar-refractivity contribution in [1.82, 2.24) is 15.2 Å². The number of nitrogens with one attached hydrogen (secondary N) is 1. The molecule has 8 nitrogen and oxygen atoms in total. The maximum atomic E-state index is 12.2. The fraction of sp³-hybridized carbons (Fsp3) is 0.300. The van der Waals surface area contributed by atoms with Crippen molar-refractivity contribution in [3.05, 3.63) is 58.9 Å². The minimum absolute atomic E-state index is 0.0846. The lowest BCUT2D eigenvalue weighted by Gasteiger charge is -2.18. The largest absolute Gasteiger partial charge is 0.454 e. The number of hydrogen-bond acceptors (Lipinski definition) is 6. The summed E-state index contributed by atoms with van der Waals surface area (Å²) in [4.78, 5) is 43.1. The molecule has 29 heavy (non-hydrogen) atoms. The minimum Gasteiger partial charge on any atom is -0.454 e. The van der Waals surface area contributed by atoms with Gasteiger partial charge in [0, 0.05) is 44.6 Å². The topological polar surface area (TPSA) is 91.8 Å². The van der Waals surface area contributed by atoms with E-state index >= 15 is 0 Å². The van der Waals surface area contributed by atoms with E-state index in [0.29, 0.717) is 11.6 Å². The molecule has 0 spiro atoms. The monoisotopic (exact) mass is 418 g/mol. The number of likely N-dealkylation sites (N-methyl/N-ethyl adjacent to an activating group) is 1. The number of pyridine rings is 1. The van der Waals surface area contributed by atoms with Crippen LogP contribution in [-0.4, -0.2) is 62.0 Å². The number of carbonyl (C=O) groups is 3. The third-order valence-electron chi connectivity index (χ3n) is 4.00. The molecule has 1 heterocycles. The van der Waals surface area contributed by atoms with Crippen LogP contribution in [0.25, 0.3) is 0 Å². The van der Waals surface area contributed by atoms with Crippen LogP contribution in [-0.2, 0) is 20.9 Å². The molecule has 0 aliphatic heterocycles. The summed E-state index contributed by atoms with van der Waals surface area (Å²) in [5.74, 6) is -1.63. The zero-order chi connectivity index (χ0) is 21.4. The molecule has 0 unspecified atom stereocenters. The Labute approximate surface area is 174 Å². The molecule has 0 saturated carbocycles. The molecular formula is C20H23ClN4O4. The molecule has 1 N–H and O–H groups in total. The third kappa shape index (κ3) is 7.08. The first-order chi connectivity index (χ1) is 13.8. The van der Waals surface area contributed by atoms with E-state index in [1.165, 1.54) is 23.2 Å². The Morgan fingerprint density at radius 2 is 1.79 bits per heavy atom. The van der Waals surface area contributed by atoms with Crippen molar-refractivity contribution >= 4 is 35.1 Å². The number of esters is 1. The molecule has 0 fully saturated rings. The van der Waals surface area contributed by atoms with Gasteiger partial charge >= 0.3 is 5.97 Å². The number of amides is 2. The van der Waals surface area contributed by atoms with Gasteiger partial charge < -0.3 is 19.9 Å². The first-order valence-electron chi connectivity index (χ1n) is 8.82. The quantitative estimate of drug-likeness (QED) is 0.656. The molecule has 154 valence electrons. The summed E-state index contributed by atoms with van der Waals surface area (Å²) in [7, 11) is 5.53. The van der Waals surface area contributed by atoms with Gasteiger partial charge in [-0.1, -0.05) is 23.7 Å². The molecule has 1 aromatic carbocycles. The summed E-state index contributed by atoms with van der Waals surface area (Å²) < 4.78 is 4.93. The zero-order valence-electron chi connectivity index (χ0n) is 16.5.